The van der Waals surface area contributed by atoms with E-state index in [-0.39, 0.29) is 11.8 Å². The maximum Gasteiger partial charge on any atom is 0.225 e. The molecule has 80 valence electrons. The van der Waals surface area contributed by atoms with Gasteiger partial charge in [-0.15, -0.1) is 0 Å². The second kappa shape index (κ2) is 3.54. The summed E-state index contributed by atoms with van der Waals surface area (Å²) in [5.41, 5.74) is 0. The van der Waals surface area contributed by atoms with E-state index in [4.69, 9.17) is 4.74 Å². The predicted octanol–water partition coefficient (Wildman–Crippen LogP) is 1.28. The fourth-order valence-electron chi connectivity index (χ4n) is 2.61. The summed E-state index contributed by atoms with van der Waals surface area (Å²) in [7, 11) is 3.65. The quantitative estimate of drug-likeness (QED) is 0.625. The summed E-state index contributed by atoms with van der Waals surface area (Å²) < 4.78 is 5.57. The molecule has 0 spiro atoms. The van der Waals surface area contributed by atoms with Crippen molar-refractivity contribution in [3.8, 4) is 0 Å². The SMILES string of the molecule is CC(C(=O)N(C)C)[C@@H]1CCC[C@@H]2O[C@@H]21. The van der Waals surface area contributed by atoms with Crippen LogP contribution in [0.2, 0.25) is 0 Å². The van der Waals surface area contributed by atoms with E-state index in [0.29, 0.717) is 18.1 Å². The molecule has 0 aromatic carbocycles. The molecule has 1 heterocycles. The molecule has 4 atom stereocenters. The van der Waals surface area contributed by atoms with E-state index >= 15 is 0 Å². The minimum Gasteiger partial charge on any atom is -0.369 e. The van der Waals surface area contributed by atoms with Gasteiger partial charge >= 0.3 is 0 Å². The Balaban J connectivity index is 1.97. The zero-order chi connectivity index (χ0) is 10.3. The summed E-state index contributed by atoms with van der Waals surface area (Å²) in [6, 6.07) is 0. The van der Waals surface area contributed by atoms with Crippen molar-refractivity contribution in [2.24, 2.45) is 11.8 Å². The number of hydrogen-bond donors (Lipinski definition) is 0. The monoisotopic (exact) mass is 197 g/mol. The van der Waals surface area contributed by atoms with Gasteiger partial charge in [-0.1, -0.05) is 13.3 Å². The van der Waals surface area contributed by atoms with Crippen LogP contribution in [0.5, 0.6) is 0 Å². The molecule has 3 nitrogen and oxygen atoms in total. The Labute approximate surface area is 85.4 Å². The summed E-state index contributed by atoms with van der Waals surface area (Å²) in [4.78, 5) is 13.5. The second-order valence-corrected chi connectivity index (χ2v) is 4.76. The fourth-order valence-corrected chi connectivity index (χ4v) is 2.61. The first-order valence-corrected chi connectivity index (χ1v) is 5.48. The summed E-state index contributed by atoms with van der Waals surface area (Å²) in [5, 5.41) is 0. The molecular formula is C11H19NO2. The lowest BCUT2D eigenvalue weighted by atomic mass is 9.80. The van der Waals surface area contributed by atoms with Gasteiger partial charge < -0.3 is 9.64 Å². The van der Waals surface area contributed by atoms with Crippen molar-refractivity contribution in [1.29, 1.82) is 0 Å². The van der Waals surface area contributed by atoms with Crippen LogP contribution >= 0.6 is 0 Å². The topological polar surface area (TPSA) is 32.8 Å². The Morgan fingerprint density at radius 1 is 1.43 bits per heavy atom. The first-order chi connectivity index (χ1) is 6.61. The van der Waals surface area contributed by atoms with Crippen LogP contribution in [-0.2, 0) is 9.53 Å². The molecule has 2 fully saturated rings. The number of ether oxygens (including phenoxy) is 1. The highest BCUT2D eigenvalue weighted by molar-refractivity contribution is 5.78. The third kappa shape index (κ3) is 1.65. The zero-order valence-electron chi connectivity index (χ0n) is 9.19. The number of amides is 1. The van der Waals surface area contributed by atoms with Crippen molar-refractivity contribution in [1.82, 2.24) is 4.90 Å². The van der Waals surface area contributed by atoms with Crippen LogP contribution in [0.3, 0.4) is 0 Å². The molecule has 1 aliphatic carbocycles. The van der Waals surface area contributed by atoms with Crippen molar-refractivity contribution in [3.05, 3.63) is 0 Å². The number of nitrogens with zero attached hydrogens (tertiary/aromatic N) is 1. The number of hydrogen-bond acceptors (Lipinski definition) is 2. The van der Waals surface area contributed by atoms with Crippen LogP contribution in [0, 0.1) is 11.8 Å². The van der Waals surface area contributed by atoms with E-state index in [9.17, 15) is 4.79 Å². The van der Waals surface area contributed by atoms with Crippen molar-refractivity contribution >= 4 is 5.91 Å². The highest BCUT2D eigenvalue weighted by Crippen LogP contribution is 2.44. The lowest BCUT2D eigenvalue weighted by molar-refractivity contribution is -0.134. The highest BCUT2D eigenvalue weighted by Gasteiger charge is 2.50. The van der Waals surface area contributed by atoms with Crippen LogP contribution < -0.4 is 0 Å². The van der Waals surface area contributed by atoms with Crippen LogP contribution in [0.15, 0.2) is 0 Å². The molecule has 1 amide bonds. The molecule has 1 unspecified atom stereocenters. The first-order valence-electron chi connectivity index (χ1n) is 5.48. The Hall–Kier alpha value is -0.570. The third-order valence-electron chi connectivity index (χ3n) is 3.54. The van der Waals surface area contributed by atoms with Gasteiger partial charge in [-0.3, -0.25) is 4.79 Å². The first kappa shape index (κ1) is 9.97. The Kier molecular flexibility index (Phi) is 2.52. The molecule has 14 heavy (non-hydrogen) atoms. The Morgan fingerprint density at radius 3 is 2.79 bits per heavy atom. The normalized spacial score (nSPS) is 37.2. The smallest absolute Gasteiger partial charge is 0.225 e. The van der Waals surface area contributed by atoms with Gasteiger partial charge in [0.05, 0.1) is 12.2 Å². The van der Waals surface area contributed by atoms with E-state index in [1.807, 2.05) is 21.0 Å². The van der Waals surface area contributed by atoms with Crippen LogP contribution in [-0.4, -0.2) is 37.1 Å². The van der Waals surface area contributed by atoms with Gasteiger partial charge in [0.15, 0.2) is 0 Å². The molecule has 3 heteroatoms. The minimum absolute atomic E-state index is 0.125. The minimum atomic E-state index is 0.125. The summed E-state index contributed by atoms with van der Waals surface area (Å²) in [6.07, 6.45) is 4.44. The van der Waals surface area contributed by atoms with Crippen LogP contribution in [0.25, 0.3) is 0 Å². The second-order valence-electron chi connectivity index (χ2n) is 4.76. The van der Waals surface area contributed by atoms with E-state index in [1.165, 1.54) is 12.8 Å². The highest BCUT2D eigenvalue weighted by atomic mass is 16.6. The third-order valence-corrected chi connectivity index (χ3v) is 3.54. The maximum atomic E-state index is 11.8. The van der Waals surface area contributed by atoms with Crippen LogP contribution in [0.4, 0.5) is 0 Å². The molecule has 2 aliphatic rings. The van der Waals surface area contributed by atoms with Crippen molar-refractivity contribution in [2.75, 3.05) is 14.1 Å². The Morgan fingerprint density at radius 2 is 2.14 bits per heavy atom. The lowest BCUT2D eigenvalue weighted by Gasteiger charge is -2.26. The average molecular weight is 197 g/mol. The van der Waals surface area contributed by atoms with E-state index < -0.39 is 0 Å². The van der Waals surface area contributed by atoms with Gasteiger partial charge in [0.1, 0.15) is 0 Å². The van der Waals surface area contributed by atoms with Gasteiger partial charge in [0.25, 0.3) is 0 Å². The van der Waals surface area contributed by atoms with Gasteiger partial charge in [0, 0.05) is 20.0 Å². The standard InChI is InChI=1S/C11H19NO2/c1-7(11(13)12(2)3)8-5-4-6-9-10(8)14-9/h7-10H,4-6H2,1-3H3/t7?,8-,9-,10+/m0/s1. The predicted molar refractivity (Wildman–Crippen MR) is 53.9 cm³/mol. The maximum absolute atomic E-state index is 11.8. The molecule has 0 bridgehead atoms. The van der Waals surface area contributed by atoms with Crippen molar-refractivity contribution in [3.63, 3.8) is 0 Å². The fraction of sp³-hybridized carbons (Fsp3) is 0.909. The number of epoxide rings is 1. The van der Waals surface area contributed by atoms with Gasteiger partial charge in [-0.05, 0) is 18.8 Å². The van der Waals surface area contributed by atoms with E-state index in [2.05, 4.69) is 0 Å². The number of rotatable bonds is 2. The summed E-state index contributed by atoms with van der Waals surface area (Å²) in [5.74, 6) is 0.829. The molecule has 0 aromatic rings. The molecule has 1 saturated heterocycles. The zero-order valence-corrected chi connectivity index (χ0v) is 9.19. The molecule has 0 N–H and O–H groups in total. The van der Waals surface area contributed by atoms with Crippen molar-refractivity contribution < 1.29 is 9.53 Å². The molecule has 0 radical (unpaired) electrons. The lowest BCUT2D eigenvalue weighted by Crippen LogP contribution is -2.36. The molecular weight excluding hydrogens is 178 g/mol. The number of carbonyl (C=O) groups is 1. The van der Waals surface area contributed by atoms with E-state index in [1.54, 1.807) is 4.90 Å². The largest absolute Gasteiger partial charge is 0.369 e. The summed E-state index contributed by atoms with van der Waals surface area (Å²) in [6.45, 7) is 2.04. The van der Waals surface area contributed by atoms with Crippen molar-refractivity contribution in [2.45, 2.75) is 38.4 Å². The average Bonchev–Trinajstić information content (AvgIpc) is 2.93. The van der Waals surface area contributed by atoms with Gasteiger partial charge in [-0.2, -0.15) is 0 Å². The van der Waals surface area contributed by atoms with Gasteiger partial charge in [-0.25, -0.2) is 0 Å². The molecule has 2 rings (SSSR count). The molecule has 0 aromatic heterocycles. The Bertz CT molecular complexity index is 239. The van der Waals surface area contributed by atoms with E-state index in [0.717, 1.165) is 6.42 Å². The summed E-state index contributed by atoms with van der Waals surface area (Å²) >= 11 is 0. The van der Waals surface area contributed by atoms with Crippen LogP contribution in [0.1, 0.15) is 26.2 Å². The molecule has 1 aliphatic heterocycles. The van der Waals surface area contributed by atoms with Gasteiger partial charge in [0.2, 0.25) is 5.91 Å². The number of fused-ring (bicyclic) bond motifs is 1. The molecule has 1 saturated carbocycles. The number of carbonyl (C=O) groups excluding carboxylic acids is 1.